The number of rotatable bonds is 9. The van der Waals surface area contributed by atoms with Gasteiger partial charge in [-0.3, -0.25) is 9.69 Å². The van der Waals surface area contributed by atoms with Gasteiger partial charge in [0.15, 0.2) is 0 Å². The number of aryl methyl sites for hydroxylation is 1. The Bertz CT molecular complexity index is 863. The highest BCUT2D eigenvalue weighted by Crippen LogP contribution is 2.18. The van der Waals surface area contributed by atoms with Gasteiger partial charge in [-0.05, 0) is 36.1 Å². The molecule has 0 fully saturated rings. The summed E-state index contributed by atoms with van der Waals surface area (Å²) < 4.78 is 0. The molecule has 156 valence electrons. The molecule has 0 unspecified atom stereocenters. The molecule has 0 aliphatic heterocycles. The van der Waals surface area contributed by atoms with E-state index in [0.717, 1.165) is 18.7 Å². The van der Waals surface area contributed by atoms with Crippen molar-refractivity contribution in [1.29, 1.82) is 0 Å². The topological polar surface area (TPSA) is 32.3 Å². The van der Waals surface area contributed by atoms with Gasteiger partial charge in [0.1, 0.15) is 0 Å². The number of nitrogens with zero attached hydrogens (tertiary/aromatic N) is 1. The first-order chi connectivity index (χ1) is 14.5. The van der Waals surface area contributed by atoms with Crippen molar-refractivity contribution in [3.63, 3.8) is 0 Å². The fourth-order valence-electron chi connectivity index (χ4n) is 3.72. The molecule has 0 heterocycles. The fourth-order valence-corrected chi connectivity index (χ4v) is 3.72. The smallest absolute Gasteiger partial charge is 0.251 e. The molecule has 0 aliphatic carbocycles. The molecule has 30 heavy (non-hydrogen) atoms. The van der Waals surface area contributed by atoms with Gasteiger partial charge < -0.3 is 5.32 Å². The number of hydrogen-bond acceptors (Lipinski definition) is 2. The van der Waals surface area contributed by atoms with Crippen LogP contribution >= 0.6 is 0 Å². The first kappa shape index (κ1) is 21.8. The molecule has 0 aliphatic rings. The summed E-state index contributed by atoms with van der Waals surface area (Å²) >= 11 is 0. The number of amides is 1. The van der Waals surface area contributed by atoms with Crippen LogP contribution in [0.1, 0.15) is 40.9 Å². The van der Waals surface area contributed by atoms with Crippen molar-refractivity contribution < 1.29 is 4.79 Å². The summed E-state index contributed by atoms with van der Waals surface area (Å²) in [6.07, 6.45) is 0. The van der Waals surface area contributed by atoms with E-state index < -0.39 is 0 Å². The van der Waals surface area contributed by atoms with Crippen LogP contribution in [0.25, 0.3) is 0 Å². The maximum Gasteiger partial charge on any atom is 0.251 e. The van der Waals surface area contributed by atoms with Crippen LogP contribution in [0.4, 0.5) is 0 Å². The average Bonchev–Trinajstić information content (AvgIpc) is 2.75. The molecule has 3 aromatic carbocycles. The Kier molecular flexibility index (Phi) is 7.81. The van der Waals surface area contributed by atoms with Crippen LogP contribution in [0.5, 0.6) is 0 Å². The number of nitrogens with one attached hydrogen (secondary N) is 1. The summed E-state index contributed by atoms with van der Waals surface area (Å²) in [5.41, 5.74) is 4.43. The van der Waals surface area contributed by atoms with Gasteiger partial charge in [-0.25, -0.2) is 0 Å². The van der Waals surface area contributed by atoms with Crippen LogP contribution in [-0.4, -0.2) is 23.4 Å². The number of carbonyl (C=O) groups is 1. The van der Waals surface area contributed by atoms with Crippen LogP contribution < -0.4 is 5.32 Å². The summed E-state index contributed by atoms with van der Waals surface area (Å²) in [4.78, 5) is 15.2. The summed E-state index contributed by atoms with van der Waals surface area (Å²) in [6, 6.07) is 29.1. The van der Waals surface area contributed by atoms with Crippen molar-refractivity contribution in [2.45, 2.75) is 39.9 Å². The maximum atomic E-state index is 12.7. The normalized spacial score (nSPS) is 12.2. The molecule has 0 saturated carbocycles. The standard InChI is InChI=1S/C27H32N2O/c1-21(2)26(18-28-27(30)25-16-14-22(3)15-17-25)29(19-23-10-6-4-7-11-23)20-24-12-8-5-9-13-24/h4-17,21,26H,18-20H2,1-3H3,(H,28,30)/t26-/m1/s1. The molecule has 1 N–H and O–H groups in total. The van der Waals surface area contributed by atoms with E-state index in [9.17, 15) is 4.79 Å². The Morgan fingerprint density at radius 3 is 1.77 bits per heavy atom. The lowest BCUT2D eigenvalue weighted by Crippen LogP contribution is -2.46. The molecular weight excluding hydrogens is 368 g/mol. The molecule has 0 radical (unpaired) electrons. The second kappa shape index (κ2) is 10.7. The van der Waals surface area contributed by atoms with Gasteiger partial charge in [0, 0.05) is 31.2 Å². The maximum absolute atomic E-state index is 12.7. The molecule has 3 nitrogen and oxygen atoms in total. The summed E-state index contributed by atoms with van der Waals surface area (Å²) in [5, 5.41) is 3.17. The zero-order valence-corrected chi connectivity index (χ0v) is 18.2. The van der Waals surface area contributed by atoms with E-state index >= 15 is 0 Å². The van der Waals surface area contributed by atoms with Gasteiger partial charge in [-0.1, -0.05) is 92.2 Å². The van der Waals surface area contributed by atoms with Crippen molar-refractivity contribution in [1.82, 2.24) is 10.2 Å². The minimum Gasteiger partial charge on any atom is -0.350 e. The predicted molar refractivity (Wildman–Crippen MR) is 124 cm³/mol. The zero-order chi connectivity index (χ0) is 21.3. The Balaban J connectivity index is 1.76. The summed E-state index contributed by atoms with van der Waals surface area (Å²) in [7, 11) is 0. The molecule has 0 bridgehead atoms. The number of hydrogen-bond donors (Lipinski definition) is 1. The third-order valence-corrected chi connectivity index (χ3v) is 5.48. The van der Waals surface area contributed by atoms with Crippen LogP contribution in [-0.2, 0) is 13.1 Å². The third kappa shape index (κ3) is 6.30. The van der Waals surface area contributed by atoms with E-state index in [1.807, 2.05) is 43.3 Å². The molecule has 3 heteroatoms. The molecule has 0 aromatic heterocycles. The zero-order valence-electron chi connectivity index (χ0n) is 18.2. The van der Waals surface area contributed by atoms with Gasteiger partial charge >= 0.3 is 0 Å². The van der Waals surface area contributed by atoms with Crippen molar-refractivity contribution >= 4 is 5.91 Å². The largest absolute Gasteiger partial charge is 0.350 e. The van der Waals surface area contributed by atoms with E-state index in [2.05, 4.69) is 72.6 Å². The van der Waals surface area contributed by atoms with Crippen molar-refractivity contribution in [3.05, 3.63) is 107 Å². The highest BCUT2D eigenvalue weighted by molar-refractivity contribution is 5.94. The molecule has 1 amide bonds. The van der Waals surface area contributed by atoms with Gasteiger partial charge in [0.05, 0.1) is 0 Å². The first-order valence-corrected chi connectivity index (χ1v) is 10.7. The lowest BCUT2D eigenvalue weighted by Gasteiger charge is -2.35. The Morgan fingerprint density at radius 2 is 1.30 bits per heavy atom. The number of carbonyl (C=O) groups excluding carboxylic acids is 1. The van der Waals surface area contributed by atoms with E-state index in [-0.39, 0.29) is 11.9 Å². The van der Waals surface area contributed by atoms with Crippen LogP contribution in [0.3, 0.4) is 0 Å². The molecular formula is C27H32N2O. The van der Waals surface area contributed by atoms with E-state index in [0.29, 0.717) is 18.0 Å². The minimum atomic E-state index is -0.0139. The summed E-state index contributed by atoms with van der Waals surface area (Å²) in [5.74, 6) is 0.385. The Labute approximate surface area is 180 Å². The molecule has 3 rings (SSSR count). The van der Waals surface area contributed by atoms with Gasteiger partial charge in [-0.2, -0.15) is 0 Å². The van der Waals surface area contributed by atoms with E-state index in [1.54, 1.807) is 0 Å². The van der Waals surface area contributed by atoms with Gasteiger partial charge in [0.2, 0.25) is 0 Å². The van der Waals surface area contributed by atoms with Crippen molar-refractivity contribution in [2.75, 3.05) is 6.54 Å². The quantitative estimate of drug-likeness (QED) is 0.518. The van der Waals surface area contributed by atoms with Crippen LogP contribution in [0.15, 0.2) is 84.9 Å². The van der Waals surface area contributed by atoms with Gasteiger partial charge in [-0.15, -0.1) is 0 Å². The fraction of sp³-hybridized carbons (Fsp3) is 0.296. The molecule has 1 atom stereocenters. The van der Waals surface area contributed by atoms with Crippen molar-refractivity contribution in [2.24, 2.45) is 5.92 Å². The number of benzene rings is 3. The van der Waals surface area contributed by atoms with E-state index in [1.165, 1.54) is 11.1 Å². The first-order valence-electron chi connectivity index (χ1n) is 10.7. The lowest BCUT2D eigenvalue weighted by atomic mass is 10.00. The highest BCUT2D eigenvalue weighted by atomic mass is 16.1. The minimum absolute atomic E-state index is 0.0139. The summed E-state index contributed by atoms with van der Waals surface area (Å²) in [6.45, 7) is 8.79. The van der Waals surface area contributed by atoms with Gasteiger partial charge in [0.25, 0.3) is 5.91 Å². The lowest BCUT2D eigenvalue weighted by molar-refractivity contribution is 0.0902. The second-order valence-electron chi connectivity index (χ2n) is 8.26. The Morgan fingerprint density at radius 1 is 0.800 bits per heavy atom. The Hall–Kier alpha value is -2.91. The van der Waals surface area contributed by atoms with E-state index in [4.69, 9.17) is 0 Å². The molecule has 0 saturated heterocycles. The third-order valence-electron chi connectivity index (χ3n) is 5.48. The SMILES string of the molecule is Cc1ccc(C(=O)NC[C@H](C(C)C)N(Cc2ccccc2)Cc2ccccc2)cc1. The highest BCUT2D eigenvalue weighted by Gasteiger charge is 2.23. The molecule has 3 aromatic rings. The average molecular weight is 401 g/mol. The predicted octanol–water partition coefficient (Wildman–Crippen LogP) is 5.45. The molecule has 0 spiro atoms. The monoisotopic (exact) mass is 400 g/mol. The van der Waals surface area contributed by atoms with Crippen molar-refractivity contribution in [3.8, 4) is 0 Å². The second-order valence-corrected chi connectivity index (χ2v) is 8.26. The van der Waals surface area contributed by atoms with Crippen LogP contribution in [0, 0.1) is 12.8 Å². The van der Waals surface area contributed by atoms with Crippen LogP contribution in [0.2, 0.25) is 0 Å².